The van der Waals surface area contributed by atoms with Crippen molar-refractivity contribution in [3.05, 3.63) is 133 Å². The Morgan fingerprint density at radius 3 is 1.14 bits per heavy atom. The van der Waals surface area contributed by atoms with E-state index in [0.717, 1.165) is 78.1 Å². The number of aromatic nitrogens is 2. The van der Waals surface area contributed by atoms with Crippen LogP contribution in [0.5, 0.6) is 11.5 Å². The summed E-state index contributed by atoms with van der Waals surface area (Å²) in [6, 6.07) is 45.7. The van der Waals surface area contributed by atoms with Gasteiger partial charge in [-0.2, -0.15) is 0 Å². The first kappa shape index (κ1) is 25.5. The van der Waals surface area contributed by atoms with Crippen molar-refractivity contribution in [2.75, 3.05) is 14.2 Å². The molecule has 0 saturated carbocycles. The van der Waals surface area contributed by atoms with Crippen LogP contribution < -0.4 is 9.47 Å². The van der Waals surface area contributed by atoms with E-state index in [1.165, 1.54) is 0 Å². The predicted molar refractivity (Wildman–Crippen MR) is 172 cm³/mol. The SMILES string of the molecule is COc1ccc(-c2cc(-c3ccccc3)nc3c2ccc2c(-c4ccc(OC)cc4)cc(-c4ccccc4)nc23)cc1. The first-order valence-corrected chi connectivity index (χ1v) is 13.9. The molecule has 0 amide bonds. The topological polar surface area (TPSA) is 44.2 Å². The molecule has 0 bridgehead atoms. The monoisotopic (exact) mass is 544 g/mol. The maximum absolute atomic E-state index is 5.44. The second kappa shape index (κ2) is 10.8. The number of hydrogen-bond donors (Lipinski definition) is 0. The van der Waals surface area contributed by atoms with Gasteiger partial charge in [-0.15, -0.1) is 0 Å². The molecule has 202 valence electrons. The zero-order valence-corrected chi connectivity index (χ0v) is 23.4. The summed E-state index contributed by atoms with van der Waals surface area (Å²) in [4.78, 5) is 10.6. The number of hydrogen-bond acceptors (Lipinski definition) is 4. The van der Waals surface area contributed by atoms with Gasteiger partial charge in [-0.1, -0.05) is 97.1 Å². The van der Waals surface area contributed by atoms with Gasteiger partial charge in [-0.3, -0.25) is 0 Å². The predicted octanol–water partition coefficient (Wildman–Crippen LogP) is 9.47. The van der Waals surface area contributed by atoms with Crippen LogP contribution in [0.25, 0.3) is 66.6 Å². The third kappa shape index (κ3) is 4.63. The number of fused-ring (bicyclic) bond motifs is 3. The summed E-state index contributed by atoms with van der Waals surface area (Å²) in [6.07, 6.45) is 0. The third-order valence-electron chi connectivity index (χ3n) is 7.70. The third-order valence-corrected chi connectivity index (χ3v) is 7.70. The molecule has 7 aromatic rings. The molecule has 0 unspecified atom stereocenters. The maximum atomic E-state index is 5.44. The lowest BCUT2D eigenvalue weighted by molar-refractivity contribution is 0.415. The lowest BCUT2D eigenvalue weighted by atomic mass is 9.94. The van der Waals surface area contributed by atoms with E-state index in [2.05, 4.69) is 72.8 Å². The highest BCUT2D eigenvalue weighted by atomic mass is 16.5. The van der Waals surface area contributed by atoms with Crippen LogP contribution in [0.2, 0.25) is 0 Å². The van der Waals surface area contributed by atoms with E-state index in [9.17, 15) is 0 Å². The molecule has 0 spiro atoms. The molecular formula is C38H28N2O2. The molecule has 5 aromatic carbocycles. The fourth-order valence-electron chi connectivity index (χ4n) is 5.51. The van der Waals surface area contributed by atoms with E-state index < -0.39 is 0 Å². The van der Waals surface area contributed by atoms with Crippen LogP contribution in [0.1, 0.15) is 0 Å². The van der Waals surface area contributed by atoms with E-state index in [1.807, 2.05) is 60.7 Å². The van der Waals surface area contributed by atoms with Gasteiger partial charge >= 0.3 is 0 Å². The fourth-order valence-corrected chi connectivity index (χ4v) is 5.51. The molecule has 0 atom stereocenters. The Kier molecular flexibility index (Phi) is 6.57. The molecule has 7 rings (SSSR count). The molecule has 2 heterocycles. The number of benzene rings is 5. The zero-order chi connectivity index (χ0) is 28.5. The molecule has 0 saturated heterocycles. The van der Waals surface area contributed by atoms with Crippen LogP contribution in [0.15, 0.2) is 133 Å². The lowest BCUT2D eigenvalue weighted by Crippen LogP contribution is -1.96. The Morgan fingerprint density at radius 1 is 0.405 bits per heavy atom. The lowest BCUT2D eigenvalue weighted by Gasteiger charge is -2.16. The van der Waals surface area contributed by atoms with Crippen molar-refractivity contribution in [2.24, 2.45) is 0 Å². The van der Waals surface area contributed by atoms with Crippen LogP contribution in [-0.2, 0) is 0 Å². The van der Waals surface area contributed by atoms with E-state index >= 15 is 0 Å². The van der Waals surface area contributed by atoms with E-state index in [0.29, 0.717) is 0 Å². The summed E-state index contributed by atoms with van der Waals surface area (Å²) < 4.78 is 10.9. The van der Waals surface area contributed by atoms with Gasteiger partial charge in [-0.05, 0) is 58.7 Å². The maximum Gasteiger partial charge on any atom is 0.118 e. The van der Waals surface area contributed by atoms with Gasteiger partial charge < -0.3 is 9.47 Å². The molecule has 0 radical (unpaired) electrons. The second-order valence-electron chi connectivity index (χ2n) is 10.2. The molecule has 4 nitrogen and oxygen atoms in total. The number of pyridine rings is 2. The van der Waals surface area contributed by atoms with Gasteiger partial charge in [0, 0.05) is 21.9 Å². The standard InChI is InChI=1S/C38H28N2O2/c1-41-29-17-13-25(14-18-29)33-23-35(27-9-5-3-6-10-27)39-37-31(33)21-22-32-34(26-15-19-30(42-2)20-16-26)24-36(40-38(32)37)28-11-7-4-8-12-28/h3-24H,1-2H3. The van der Waals surface area contributed by atoms with Crippen LogP contribution in [0.4, 0.5) is 0 Å². The van der Waals surface area contributed by atoms with Gasteiger partial charge in [-0.25, -0.2) is 9.97 Å². The van der Waals surface area contributed by atoms with Gasteiger partial charge in [0.25, 0.3) is 0 Å². The van der Waals surface area contributed by atoms with Crippen molar-refractivity contribution in [1.82, 2.24) is 9.97 Å². The van der Waals surface area contributed by atoms with Crippen molar-refractivity contribution >= 4 is 21.8 Å². The number of rotatable bonds is 6. The minimum atomic E-state index is 0.823. The van der Waals surface area contributed by atoms with Gasteiger partial charge in [0.2, 0.25) is 0 Å². The van der Waals surface area contributed by atoms with Crippen molar-refractivity contribution in [1.29, 1.82) is 0 Å². The largest absolute Gasteiger partial charge is 0.497 e. The fraction of sp³-hybridized carbons (Fsp3) is 0.0526. The second-order valence-corrected chi connectivity index (χ2v) is 10.2. The molecule has 0 N–H and O–H groups in total. The highest BCUT2D eigenvalue weighted by Gasteiger charge is 2.17. The molecule has 0 aliphatic rings. The number of ether oxygens (including phenoxy) is 2. The molecule has 0 aliphatic heterocycles. The number of nitrogens with zero attached hydrogens (tertiary/aromatic N) is 2. The minimum Gasteiger partial charge on any atom is -0.497 e. The Morgan fingerprint density at radius 2 is 0.786 bits per heavy atom. The molecule has 2 aromatic heterocycles. The van der Waals surface area contributed by atoms with E-state index in [-0.39, 0.29) is 0 Å². The normalized spacial score (nSPS) is 11.1. The van der Waals surface area contributed by atoms with Crippen molar-refractivity contribution in [2.45, 2.75) is 0 Å². The van der Waals surface area contributed by atoms with Gasteiger partial charge in [0.15, 0.2) is 0 Å². The molecule has 42 heavy (non-hydrogen) atoms. The summed E-state index contributed by atoms with van der Waals surface area (Å²) in [5, 5.41) is 2.09. The zero-order valence-electron chi connectivity index (χ0n) is 23.4. The average Bonchev–Trinajstić information content (AvgIpc) is 3.08. The summed E-state index contributed by atoms with van der Waals surface area (Å²) in [5.41, 5.74) is 10.0. The summed E-state index contributed by atoms with van der Waals surface area (Å²) >= 11 is 0. The van der Waals surface area contributed by atoms with Crippen molar-refractivity contribution < 1.29 is 9.47 Å². The van der Waals surface area contributed by atoms with Gasteiger partial charge in [0.1, 0.15) is 11.5 Å². The van der Waals surface area contributed by atoms with Crippen LogP contribution in [-0.4, -0.2) is 24.2 Å². The van der Waals surface area contributed by atoms with Crippen molar-refractivity contribution in [3.63, 3.8) is 0 Å². The molecule has 0 aliphatic carbocycles. The summed E-state index contributed by atoms with van der Waals surface area (Å²) in [5.74, 6) is 1.65. The van der Waals surface area contributed by atoms with E-state index in [4.69, 9.17) is 19.4 Å². The average molecular weight is 545 g/mol. The Balaban J connectivity index is 1.57. The number of methoxy groups -OCH3 is 2. The molecular weight excluding hydrogens is 516 g/mol. The van der Waals surface area contributed by atoms with Crippen LogP contribution in [0.3, 0.4) is 0 Å². The molecule has 0 fully saturated rings. The minimum absolute atomic E-state index is 0.823. The highest BCUT2D eigenvalue weighted by molar-refractivity contribution is 6.13. The smallest absolute Gasteiger partial charge is 0.118 e. The summed E-state index contributed by atoms with van der Waals surface area (Å²) in [7, 11) is 3.37. The Bertz CT molecular complexity index is 1870. The first-order chi connectivity index (χ1) is 20.7. The van der Waals surface area contributed by atoms with E-state index in [1.54, 1.807) is 14.2 Å². The van der Waals surface area contributed by atoms with Gasteiger partial charge in [0.05, 0.1) is 36.6 Å². The summed E-state index contributed by atoms with van der Waals surface area (Å²) in [6.45, 7) is 0. The molecule has 4 heteroatoms. The van der Waals surface area contributed by atoms with Crippen LogP contribution >= 0.6 is 0 Å². The Labute approximate surface area is 244 Å². The Hall–Kier alpha value is -5.48. The highest BCUT2D eigenvalue weighted by Crippen LogP contribution is 2.39. The first-order valence-electron chi connectivity index (χ1n) is 13.9. The van der Waals surface area contributed by atoms with Crippen molar-refractivity contribution in [3.8, 4) is 56.3 Å². The van der Waals surface area contributed by atoms with Crippen LogP contribution in [0, 0.1) is 0 Å². The quantitative estimate of drug-likeness (QED) is 0.196.